The number of anilines is 1. The number of hydrogen-bond donors (Lipinski definition) is 2. The average Bonchev–Trinajstić information content (AvgIpc) is 2.96. The van der Waals surface area contributed by atoms with Gasteiger partial charge in [0.2, 0.25) is 0 Å². The van der Waals surface area contributed by atoms with Crippen LogP contribution in [0, 0.1) is 0 Å². The van der Waals surface area contributed by atoms with Crippen molar-refractivity contribution in [1.82, 2.24) is 15.1 Å². The normalized spacial score (nSPS) is 12.5. The molecule has 0 bridgehead atoms. The summed E-state index contributed by atoms with van der Waals surface area (Å²) in [6, 6.07) is 8.44. The second-order valence-corrected chi connectivity index (χ2v) is 8.43. The number of rotatable bonds is 8. The molecule has 2 N–H and O–H groups in total. The van der Waals surface area contributed by atoms with Gasteiger partial charge < -0.3 is 15.4 Å². The van der Waals surface area contributed by atoms with E-state index in [0.717, 1.165) is 30.6 Å². The lowest BCUT2D eigenvalue weighted by Gasteiger charge is -2.22. The first-order chi connectivity index (χ1) is 13.7. The van der Waals surface area contributed by atoms with Gasteiger partial charge in [-0.15, -0.1) is 0 Å². The number of hydrogen-bond acceptors (Lipinski definition) is 4. The molecule has 0 saturated carbocycles. The van der Waals surface area contributed by atoms with E-state index in [-0.39, 0.29) is 6.04 Å². The molecule has 1 aromatic carbocycles. The highest BCUT2D eigenvalue weighted by Gasteiger charge is 2.20. The highest BCUT2D eigenvalue weighted by Crippen LogP contribution is 2.22. The van der Waals surface area contributed by atoms with Gasteiger partial charge in [-0.3, -0.25) is 4.68 Å². The van der Waals surface area contributed by atoms with Gasteiger partial charge in [0.05, 0.1) is 12.2 Å². The molecule has 0 saturated heterocycles. The van der Waals surface area contributed by atoms with Crippen LogP contribution in [0.3, 0.4) is 0 Å². The zero-order valence-electron chi connectivity index (χ0n) is 18.9. The van der Waals surface area contributed by atoms with E-state index in [1.807, 2.05) is 34.7 Å². The zero-order valence-corrected chi connectivity index (χ0v) is 18.9. The van der Waals surface area contributed by atoms with E-state index < -0.39 is 11.7 Å². The highest BCUT2D eigenvalue weighted by atomic mass is 16.6. The van der Waals surface area contributed by atoms with E-state index in [1.54, 1.807) is 0 Å². The van der Waals surface area contributed by atoms with E-state index in [4.69, 9.17) is 9.84 Å². The molecule has 2 aromatic rings. The number of amides is 1. The van der Waals surface area contributed by atoms with Crippen LogP contribution < -0.4 is 10.6 Å². The summed E-state index contributed by atoms with van der Waals surface area (Å²) < 4.78 is 7.42. The minimum Gasteiger partial charge on any atom is -0.444 e. The third-order valence-electron chi connectivity index (χ3n) is 4.75. The van der Waals surface area contributed by atoms with Crippen LogP contribution in [-0.4, -0.2) is 34.6 Å². The molecule has 1 atom stereocenters. The van der Waals surface area contributed by atoms with Crippen molar-refractivity contribution < 1.29 is 9.53 Å². The van der Waals surface area contributed by atoms with Crippen molar-refractivity contribution in [2.75, 3.05) is 12.4 Å². The first-order valence-corrected chi connectivity index (χ1v) is 10.5. The van der Waals surface area contributed by atoms with Crippen LogP contribution in [0.5, 0.6) is 0 Å². The molecule has 1 heterocycles. The van der Waals surface area contributed by atoms with Gasteiger partial charge in [0.25, 0.3) is 0 Å². The lowest BCUT2D eigenvalue weighted by Crippen LogP contribution is -2.40. The summed E-state index contributed by atoms with van der Waals surface area (Å²) in [5.74, 6) is 0. The van der Waals surface area contributed by atoms with Gasteiger partial charge in [-0.2, -0.15) is 5.10 Å². The Bertz CT molecular complexity index is 804. The summed E-state index contributed by atoms with van der Waals surface area (Å²) in [5, 5.41) is 10.9. The van der Waals surface area contributed by atoms with Gasteiger partial charge in [-0.05, 0) is 58.2 Å². The fourth-order valence-electron chi connectivity index (χ4n) is 3.43. The number of benzene rings is 1. The van der Waals surface area contributed by atoms with E-state index in [2.05, 4.69) is 53.4 Å². The summed E-state index contributed by atoms with van der Waals surface area (Å²) in [7, 11) is 1.93. The number of ether oxygens (including phenoxy) is 1. The summed E-state index contributed by atoms with van der Waals surface area (Å²) in [5.41, 5.74) is 5.54. The minimum atomic E-state index is -0.504. The fourth-order valence-corrected chi connectivity index (χ4v) is 3.43. The van der Waals surface area contributed by atoms with Crippen LogP contribution in [0.4, 0.5) is 10.5 Å². The molecule has 0 aliphatic heterocycles. The number of nitrogens with zero attached hydrogens (tertiary/aromatic N) is 2. The molecule has 0 radical (unpaired) electrons. The molecule has 0 fully saturated rings. The Kier molecular flexibility index (Phi) is 7.71. The maximum Gasteiger partial charge on any atom is 0.407 e. The second kappa shape index (κ2) is 9.81. The maximum atomic E-state index is 12.1. The van der Waals surface area contributed by atoms with Crippen LogP contribution in [0.1, 0.15) is 64.1 Å². The van der Waals surface area contributed by atoms with Crippen molar-refractivity contribution in [3.05, 3.63) is 46.8 Å². The SMILES string of the molecule is CCc1nn(C[C@H](C)NC(=O)OC(C)(C)C)c(CC)c1Cc1ccc(NC)cc1. The molecule has 0 aliphatic carbocycles. The quantitative estimate of drug-likeness (QED) is 0.682. The van der Waals surface area contributed by atoms with Gasteiger partial charge in [-0.1, -0.05) is 26.0 Å². The monoisotopic (exact) mass is 400 g/mol. The Balaban J connectivity index is 2.17. The Hall–Kier alpha value is -2.50. The van der Waals surface area contributed by atoms with Crippen LogP contribution in [0.15, 0.2) is 24.3 Å². The molecular weight excluding hydrogens is 364 g/mol. The van der Waals surface area contributed by atoms with E-state index in [0.29, 0.717) is 6.54 Å². The zero-order chi connectivity index (χ0) is 21.6. The summed E-state index contributed by atoms with van der Waals surface area (Å²) in [4.78, 5) is 12.1. The highest BCUT2D eigenvalue weighted by molar-refractivity contribution is 5.68. The smallest absolute Gasteiger partial charge is 0.407 e. The molecule has 1 aromatic heterocycles. The van der Waals surface area contributed by atoms with E-state index in [9.17, 15) is 4.79 Å². The summed E-state index contributed by atoms with van der Waals surface area (Å²) >= 11 is 0. The molecule has 0 spiro atoms. The molecule has 0 aliphatic rings. The number of aryl methyl sites for hydroxylation is 1. The van der Waals surface area contributed by atoms with Gasteiger partial charge in [-0.25, -0.2) is 4.79 Å². The van der Waals surface area contributed by atoms with Crippen molar-refractivity contribution in [1.29, 1.82) is 0 Å². The van der Waals surface area contributed by atoms with Crippen molar-refractivity contribution in [3.63, 3.8) is 0 Å². The Morgan fingerprint density at radius 3 is 2.34 bits per heavy atom. The number of nitrogens with one attached hydrogen (secondary N) is 2. The Morgan fingerprint density at radius 2 is 1.83 bits per heavy atom. The van der Waals surface area contributed by atoms with E-state index >= 15 is 0 Å². The third-order valence-corrected chi connectivity index (χ3v) is 4.75. The van der Waals surface area contributed by atoms with Crippen molar-refractivity contribution in [2.45, 2.75) is 79.0 Å². The predicted molar refractivity (Wildman–Crippen MR) is 119 cm³/mol. The Morgan fingerprint density at radius 1 is 1.17 bits per heavy atom. The topological polar surface area (TPSA) is 68.2 Å². The fraction of sp³-hybridized carbons (Fsp3) is 0.565. The standard InChI is InChI=1S/C23H36N4O2/c1-8-20-19(14-17-10-12-18(24-7)13-11-17)21(9-2)27(26-20)15-16(3)25-22(28)29-23(4,5)6/h10-13,16,24H,8-9,14-15H2,1-7H3,(H,25,28)/t16-/m0/s1. The Labute approximate surface area is 175 Å². The minimum absolute atomic E-state index is 0.0810. The second-order valence-electron chi connectivity index (χ2n) is 8.43. The lowest BCUT2D eigenvalue weighted by atomic mass is 10.00. The van der Waals surface area contributed by atoms with Gasteiger partial charge in [0.15, 0.2) is 0 Å². The van der Waals surface area contributed by atoms with E-state index in [1.165, 1.54) is 16.8 Å². The number of alkyl carbamates (subject to hydrolysis) is 1. The number of aromatic nitrogens is 2. The van der Waals surface area contributed by atoms with Crippen LogP contribution in [0.25, 0.3) is 0 Å². The van der Waals surface area contributed by atoms with Crippen molar-refractivity contribution >= 4 is 11.8 Å². The molecular formula is C23H36N4O2. The first-order valence-electron chi connectivity index (χ1n) is 10.5. The van der Waals surface area contributed by atoms with Gasteiger partial charge >= 0.3 is 6.09 Å². The third kappa shape index (κ3) is 6.51. The molecule has 6 nitrogen and oxygen atoms in total. The van der Waals surface area contributed by atoms with Crippen molar-refractivity contribution in [3.8, 4) is 0 Å². The summed E-state index contributed by atoms with van der Waals surface area (Å²) in [6.07, 6.45) is 2.26. The molecule has 6 heteroatoms. The van der Waals surface area contributed by atoms with Gasteiger partial charge in [0.1, 0.15) is 5.60 Å². The molecule has 29 heavy (non-hydrogen) atoms. The lowest BCUT2D eigenvalue weighted by molar-refractivity contribution is 0.0503. The van der Waals surface area contributed by atoms with Crippen molar-refractivity contribution in [2.24, 2.45) is 0 Å². The molecule has 1 amide bonds. The van der Waals surface area contributed by atoms with Crippen LogP contribution >= 0.6 is 0 Å². The average molecular weight is 401 g/mol. The predicted octanol–water partition coefficient (Wildman–Crippen LogP) is 4.55. The van der Waals surface area contributed by atoms with Gasteiger partial charge in [0, 0.05) is 36.5 Å². The number of carbonyl (C=O) groups excluding carboxylic acids is 1. The number of carbonyl (C=O) groups is 1. The first kappa shape index (κ1) is 22.8. The molecule has 160 valence electrons. The summed E-state index contributed by atoms with van der Waals surface area (Å²) in [6.45, 7) is 12.5. The molecule has 0 unspecified atom stereocenters. The molecule has 2 rings (SSSR count). The van der Waals surface area contributed by atoms with Crippen LogP contribution in [-0.2, 0) is 30.5 Å². The maximum absolute atomic E-state index is 12.1. The van der Waals surface area contributed by atoms with Crippen LogP contribution in [0.2, 0.25) is 0 Å². The largest absolute Gasteiger partial charge is 0.444 e.